The van der Waals surface area contributed by atoms with Crippen molar-refractivity contribution in [2.45, 2.75) is 24.0 Å². The third-order valence-electron chi connectivity index (χ3n) is 3.63. The van der Waals surface area contributed by atoms with Crippen molar-refractivity contribution >= 4 is 21.7 Å². The summed E-state index contributed by atoms with van der Waals surface area (Å²) in [5.74, 6) is -1.29. The molecule has 0 radical (unpaired) electrons. The predicted octanol–water partition coefficient (Wildman–Crippen LogP) is 1.68. The Balaban J connectivity index is 2.15. The molecule has 0 spiro atoms. The number of hydrogen-bond donors (Lipinski definition) is 2. The Hall–Kier alpha value is -2.61. The van der Waals surface area contributed by atoms with Crippen molar-refractivity contribution in [2.75, 3.05) is 13.1 Å². The molecule has 140 valence electrons. The summed E-state index contributed by atoms with van der Waals surface area (Å²) < 4.78 is 31.1. The molecule has 2 N–H and O–H groups in total. The zero-order valence-corrected chi connectivity index (χ0v) is 15.5. The number of benzene rings is 1. The van der Waals surface area contributed by atoms with Gasteiger partial charge in [-0.25, -0.2) is 8.42 Å². The van der Waals surface area contributed by atoms with Crippen molar-refractivity contribution in [2.24, 2.45) is 5.92 Å². The molecule has 0 bridgehead atoms. The molecule has 1 aromatic heterocycles. The summed E-state index contributed by atoms with van der Waals surface area (Å²) in [4.78, 5) is 23.8. The highest BCUT2D eigenvalue weighted by Gasteiger charge is 2.32. The summed E-state index contributed by atoms with van der Waals surface area (Å²) in [7, 11) is -3.81. The zero-order valence-electron chi connectivity index (χ0n) is 14.6. The van der Waals surface area contributed by atoms with E-state index in [0.29, 0.717) is 6.54 Å². The van der Waals surface area contributed by atoms with Crippen molar-refractivity contribution in [1.82, 2.24) is 10.6 Å². The number of carbonyl (C=O) groups is 2. The highest BCUT2D eigenvalue weighted by atomic mass is 32.2. The third kappa shape index (κ3) is 4.95. The molecular weight excluding hydrogens is 356 g/mol. The first-order valence-electron chi connectivity index (χ1n) is 8.20. The van der Waals surface area contributed by atoms with Crippen LogP contribution in [0.2, 0.25) is 0 Å². The van der Waals surface area contributed by atoms with E-state index in [-0.39, 0.29) is 23.1 Å². The lowest BCUT2D eigenvalue weighted by Crippen LogP contribution is -2.43. The Morgan fingerprint density at radius 1 is 0.962 bits per heavy atom. The summed E-state index contributed by atoms with van der Waals surface area (Å²) in [6.45, 7) is 3.88. The summed E-state index contributed by atoms with van der Waals surface area (Å²) in [5.41, 5.74) is 0. The molecular formula is C18H22N2O5S. The van der Waals surface area contributed by atoms with E-state index in [4.69, 9.17) is 4.42 Å². The van der Waals surface area contributed by atoms with Gasteiger partial charge in [0.1, 0.15) is 11.0 Å². The number of nitrogens with one attached hydrogen (secondary N) is 2. The maximum atomic E-state index is 12.9. The molecule has 2 rings (SSSR count). The average molecular weight is 378 g/mol. The van der Waals surface area contributed by atoms with Crippen molar-refractivity contribution in [3.8, 4) is 0 Å². The standard InChI is InChI=1S/C18H22N2O5S/c1-13(2)11-19-17(21)18(22)20-12-16(15-9-6-10-25-15)26(23,24)14-7-4-3-5-8-14/h3-10,13,16H,11-12H2,1-2H3,(H,19,21)(H,20,22)/t16-/m1/s1. The van der Waals surface area contributed by atoms with Gasteiger partial charge in [-0.2, -0.15) is 0 Å². The maximum absolute atomic E-state index is 12.9. The van der Waals surface area contributed by atoms with Gasteiger partial charge in [-0.1, -0.05) is 32.0 Å². The van der Waals surface area contributed by atoms with Crippen LogP contribution in [0.3, 0.4) is 0 Å². The number of carbonyl (C=O) groups excluding carboxylic acids is 2. The fourth-order valence-electron chi connectivity index (χ4n) is 2.25. The quantitative estimate of drug-likeness (QED) is 0.713. The fourth-order valence-corrected chi connectivity index (χ4v) is 3.86. The van der Waals surface area contributed by atoms with Gasteiger partial charge in [-0.05, 0) is 30.2 Å². The van der Waals surface area contributed by atoms with Crippen LogP contribution in [0.1, 0.15) is 24.9 Å². The van der Waals surface area contributed by atoms with Crippen LogP contribution >= 0.6 is 0 Å². The minimum absolute atomic E-state index is 0.111. The van der Waals surface area contributed by atoms with E-state index in [9.17, 15) is 18.0 Å². The van der Waals surface area contributed by atoms with Gasteiger partial charge >= 0.3 is 11.8 Å². The SMILES string of the molecule is CC(C)CNC(=O)C(=O)NC[C@H](c1ccco1)S(=O)(=O)c1ccccc1. The Bertz CT molecular complexity index is 830. The van der Waals surface area contributed by atoms with E-state index in [0.717, 1.165) is 0 Å². The van der Waals surface area contributed by atoms with Gasteiger partial charge in [0.15, 0.2) is 9.84 Å². The highest BCUT2D eigenvalue weighted by molar-refractivity contribution is 7.91. The molecule has 0 unspecified atom stereocenters. The molecule has 8 heteroatoms. The molecule has 1 atom stereocenters. The summed E-state index contributed by atoms with van der Waals surface area (Å²) in [5, 5.41) is 3.73. The largest absolute Gasteiger partial charge is 0.468 e. The van der Waals surface area contributed by atoms with Gasteiger partial charge in [-0.3, -0.25) is 9.59 Å². The lowest BCUT2D eigenvalue weighted by atomic mass is 10.2. The van der Waals surface area contributed by atoms with E-state index < -0.39 is 26.9 Å². The summed E-state index contributed by atoms with van der Waals surface area (Å²) >= 11 is 0. The molecule has 0 saturated heterocycles. The second-order valence-electron chi connectivity index (χ2n) is 6.18. The van der Waals surface area contributed by atoms with Crippen LogP contribution in [0, 0.1) is 5.92 Å². The fraction of sp³-hybridized carbons (Fsp3) is 0.333. The van der Waals surface area contributed by atoms with E-state index in [1.54, 1.807) is 24.3 Å². The lowest BCUT2D eigenvalue weighted by molar-refractivity contribution is -0.139. The van der Waals surface area contributed by atoms with Crippen LogP contribution in [0.4, 0.5) is 0 Å². The first kappa shape index (κ1) is 19.7. The molecule has 0 fully saturated rings. The van der Waals surface area contributed by atoms with Crippen molar-refractivity contribution in [3.05, 3.63) is 54.5 Å². The van der Waals surface area contributed by atoms with Gasteiger partial charge in [-0.15, -0.1) is 0 Å². The minimum atomic E-state index is -3.81. The first-order chi connectivity index (χ1) is 12.3. The van der Waals surface area contributed by atoms with Crippen LogP contribution in [-0.2, 0) is 19.4 Å². The predicted molar refractivity (Wildman–Crippen MR) is 95.9 cm³/mol. The van der Waals surface area contributed by atoms with E-state index in [2.05, 4.69) is 10.6 Å². The number of amides is 2. The van der Waals surface area contributed by atoms with Gasteiger partial charge in [0, 0.05) is 13.1 Å². The van der Waals surface area contributed by atoms with E-state index >= 15 is 0 Å². The molecule has 1 heterocycles. The third-order valence-corrected chi connectivity index (χ3v) is 5.71. The molecule has 0 aliphatic heterocycles. The molecule has 0 aliphatic rings. The lowest BCUT2D eigenvalue weighted by Gasteiger charge is -2.16. The number of furan rings is 1. The van der Waals surface area contributed by atoms with Crippen LogP contribution in [-0.4, -0.2) is 33.3 Å². The first-order valence-corrected chi connectivity index (χ1v) is 9.75. The van der Waals surface area contributed by atoms with Crippen LogP contribution in [0.15, 0.2) is 58.0 Å². The van der Waals surface area contributed by atoms with Gasteiger partial charge in [0.25, 0.3) is 0 Å². The average Bonchev–Trinajstić information content (AvgIpc) is 3.14. The van der Waals surface area contributed by atoms with Gasteiger partial charge in [0.2, 0.25) is 0 Å². The van der Waals surface area contributed by atoms with Crippen LogP contribution in [0.5, 0.6) is 0 Å². The number of hydrogen-bond acceptors (Lipinski definition) is 5. The molecule has 2 aromatic rings. The zero-order chi connectivity index (χ0) is 19.2. The van der Waals surface area contributed by atoms with Gasteiger partial charge in [0.05, 0.1) is 11.2 Å². The Morgan fingerprint density at radius 3 is 2.12 bits per heavy atom. The smallest absolute Gasteiger partial charge is 0.309 e. The van der Waals surface area contributed by atoms with E-state index in [1.807, 2.05) is 13.8 Å². The van der Waals surface area contributed by atoms with Crippen molar-refractivity contribution in [1.29, 1.82) is 0 Å². The van der Waals surface area contributed by atoms with Gasteiger partial charge < -0.3 is 15.1 Å². The minimum Gasteiger partial charge on any atom is -0.468 e. The second kappa shape index (κ2) is 8.66. The summed E-state index contributed by atoms with van der Waals surface area (Å²) in [6, 6.07) is 11.0. The second-order valence-corrected chi connectivity index (χ2v) is 8.31. The van der Waals surface area contributed by atoms with Crippen molar-refractivity contribution < 1.29 is 22.4 Å². The topological polar surface area (TPSA) is 105 Å². The Kier molecular flexibility index (Phi) is 6.57. The molecule has 0 saturated carbocycles. The molecule has 2 amide bonds. The normalized spacial score (nSPS) is 12.6. The molecule has 7 nitrogen and oxygen atoms in total. The van der Waals surface area contributed by atoms with Crippen LogP contribution in [0.25, 0.3) is 0 Å². The highest BCUT2D eigenvalue weighted by Crippen LogP contribution is 2.28. The van der Waals surface area contributed by atoms with Crippen molar-refractivity contribution in [3.63, 3.8) is 0 Å². The Labute approximate surface area is 152 Å². The van der Waals surface area contributed by atoms with Crippen LogP contribution < -0.4 is 10.6 Å². The summed E-state index contributed by atoms with van der Waals surface area (Å²) in [6.07, 6.45) is 1.36. The number of rotatable bonds is 7. The maximum Gasteiger partial charge on any atom is 0.309 e. The molecule has 1 aromatic carbocycles. The molecule has 0 aliphatic carbocycles. The monoisotopic (exact) mass is 378 g/mol. The number of sulfone groups is 1. The molecule has 26 heavy (non-hydrogen) atoms. The van der Waals surface area contributed by atoms with E-state index in [1.165, 1.54) is 24.5 Å². The Morgan fingerprint density at radius 2 is 1.58 bits per heavy atom.